The van der Waals surface area contributed by atoms with Crippen LogP contribution in [0.5, 0.6) is 11.5 Å². The molecule has 0 saturated carbocycles. The number of halogens is 4. The van der Waals surface area contributed by atoms with Crippen LogP contribution in [0.4, 0.5) is 8.78 Å². The quantitative estimate of drug-likeness (QED) is 0.736. The number of hydrogen-bond acceptors (Lipinski definition) is 2. The van der Waals surface area contributed by atoms with Crippen molar-refractivity contribution in [2.24, 2.45) is 0 Å². The van der Waals surface area contributed by atoms with Gasteiger partial charge in [0.2, 0.25) is 0 Å². The van der Waals surface area contributed by atoms with Crippen LogP contribution in [0.1, 0.15) is 16.5 Å². The van der Waals surface area contributed by atoms with Gasteiger partial charge in [0.25, 0.3) is 0 Å². The number of benzene rings is 2. The molecule has 0 aromatic heterocycles. The van der Waals surface area contributed by atoms with Crippen LogP contribution in [-0.2, 0) is 0 Å². The van der Waals surface area contributed by atoms with Crippen LogP contribution in [-0.4, -0.2) is 14.2 Å². The molecule has 0 aliphatic carbocycles. The topological polar surface area (TPSA) is 18.5 Å². The summed E-state index contributed by atoms with van der Waals surface area (Å²) in [6, 6.07) is 6.31. The lowest BCUT2D eigenvalue weighted by Crippen LogP contribution is -2.00. The first-order valence-corrected chi connectivity index (χ1v) is 6.79. The molecule has 0 bridgehead atoms. The number of ether oxygens (including phenoxy) is 2. The molecule has 0 heterocycles. The predicted molar refractivity (Wildman–Crippen MR) is 78.6 cm³/mol. The number of alkyl halides is 1. The van der Waals surface area contributed by atoms with Gasteiger partial charge in [-0.15, -0.1) is 11.6 Å². The minimum Gasteiger partial charge on any atom is -0.493 e. The minimum absolute atomic E-state index is 0.132. The molecule has 2 aromatic carbocycles. The summed E-state index contributed by atoms with van der Waals surface area (Å²) in [6.07, 6.45) is 0. The van der Waals surface area contributed by atoms with E-state index < -0.39 is 17.0 Å². The summed E-state index contributed by atoms with van der Waals surface area (Å²) in [5.41, 5.74) is 0.577. The van der Waals surface area contributed by atoms with E-state index in [1.54, 1.807) is 6.07 Å². The molecule has 6 heteroatoms. The Balaban J connectivity index is 2.50. The van der Waals surface area contributed by atoms with Crippen LogP contribution in [0.3, 0.4) is 0 Å². The standard InChI is InChI=1S/C15H12Cl2F2O2/c1-20-13-6-10(11(16)7-14(13)21-2)15(17)9-4-3-8(18)5-12(9)19/h3-7,15H,1-2H3. The van der Waals surface area contributed by atoms with Crippen LogP contribution in [0.2, 0.25) is 5.02 Å². The number of methoxy groups -OCH3 is 2. The van der Waals surface area contributed by atoms with Gasteiger partial charge in [0.1, 0.15) is 11.6 Å². The molecular formula is C15H12Cl2F2O2. The van der Waals surface area contributed by atoms with Crippen LogP contribution in [0, 0.1) is 11.6 Å². The summed E-state index contributed by atoms with van der Waals surface area (Å²) in [5.74, 6) is -0.542. The van der Waals surface area contributed by atoms with Crippen LogP contribution >= 0.6 is 23.2 Å². The summed E-state index contributed by atoms with van der Waals surface area (Å²) < 4.78 is 37.1. The zero-order valence-corrected chi connectivity index (χ0v) is 12.8. The van der Waals surface area contributed by atoms with E-state index in [1.165, 1.54) is 26.4 Å². The van der Waals surface area contributed by atoms with E-state index in [2.05, 4.69) is 0 Å². The van der Waals surface area contributed by atoms with Gasteiger partial charge in [-0.25, -0.2) is 8.78 Å². The fourth-order valence-corrected chi connectivity index (χ4v) is 2.61. The summed E-state index contributed by atoms with van der Waals surface area (Å²) in [7, 11) is 2.95. The number of rotatable bonds is 4. The SMILES string of the molecule is COc1cc(Cl)c(C(Cl)c2ccc(F)cc2F)cc1OC. The average Bonchev–Trinajstić information content (AvgIpc) is 2.46. The van der Waals surface area contributed by atoms with E-state index in [-0.39, 0.29) is 5.56 Å². The summed E-state index contributed by atoms with van der Waals surface area (Å²) in [6.45, 7) is 0. The van der Waals surface area contributed by atoms with Gasteiger partial charge in [-0.1, -0.05) is 17.7 Å². The lowest BCUT2D eigenvalue weighted by molar-refractivity contribution is 0.354. The van der Waals surface area contributed by atoms with Crippen LogP contribution in [0.15, 0.2) is 30.3 Å². The molecule has 0 N–H and O–H groups in total. The Hall–Kier alpha value is -1.52. The first-order valence-electron chi connectivity index (χ1n) is 5.98. The monoisotopic (exact) mass is 332 g/mol. The Labute approximate surface area is 131 Å². The Morgan fingerprint density at radius 1 is 0.952 bits per heavy atom. The van der Waals surface area contributed by atoms with Gasteiger partial charge < -0.3 is 9.47 Å². The average molecular weight is 333 g/mol. The summed E-state index contributed by atoms with van der Waals surface area (Å²) in [5, 5.41) is -0.575. The van der Waals surface area contributed by atoms with Crippen molar-refractivity contribution >= 4 is 23.2 Å². The molecule has 1 unspecified atom stereocenters. The Kier molecular flexibility index (Phi) is 4.91. The fraction of sp³-hybridized carbons (Fsp3) is 0.200. The maximum atomic E-state index is 13.8. The van der Waals surface area contributed by atoms with Crippen LogP contribution < -0.4 is 9.47 Å². The van der Waals surface area contributed by atoms with Crippen molar-refractivity contribution in [2.75, 3.05) is 14.2 Å². The summed E-state index contributed by atoms with van der Waals surface area (Å²) >= 11 is 12.4. The fourth-order valence-electron chi connectivity index (χ4n) is 1.94. The molecule has 0 aliphatic rings. The van der Waals surface area contributed by atoms with Gasteiger partial charge in [0.15, 0.2) is 11.5 Å². The second-order valence-electron chi connectivity index (χ2n) is 4.26. The second kappa shape index (κ2) is 6.50. The highest BCUT2D eigenvalue weighted by atomic mass is 35.5. The molecule has 0 spiro atoms. The molecule has 21 heavy (non-hydrogen) atoms. The maximum absolute atomic E-state index is 13.8. The first kappa shape index (κ1) is 15.9. The summed E-state index contributed by atoms with van der Waals surface area (Å²) in [4.78, 5) is 0. The highest BCUT2D eigenvalue weighted by molar-refractivity contribution is 6.33. The highest BCUT2D eigenvalue weighted by Gasteiger charge is 2.21. The van der Waals surface area contributed by atoms with Gasteiger partial charge >= 0.3 is 0 Å². The molecule has 1 atom stereocenters. The molecule has 0 aliphatic heterocycles. The lowest BCUT2D eigenvalue weighted by atomic mass is 10.0. The smallest absolute Gasteiger partial charge is 0.162 e. The van der Waals surface area contributed by atoms with E-state index in [9.17, 15) is 8.78 Å². The van der Waals surface area contributed by atoms with Crippen molar-refractivity contribution < 1.29 is 18.3 Å². The highest BCUT2D eigenvalue weighted by Crippen LogP contribution is 2.41. The second-order valence-corrected chi connectivity index (χ2v) is 5.10. The van der Waals surface area contributed by atoms with Gasteiger partial charge in [-0.2, -0.15) is 0 Å². The lowest BCUT2D eigenvalue weighted by Gasteiger charge is -2.16. The van der Waals surface area contributed by atoms with Gasteiger partial charge in [0.05, 0.1) is 19.6 Å². The van der Waals surface area contributed by atoms with Crippen molar-refractivity contribution in [3.05, 3.63) is 58.1 Å². The molecular weight excluding hydrogens is 321 g/mol. The van der Waals surface area contributed by atoms with E-state index in [4.69, 9.17) is 32.7 Å². The molecule has 2 rings (SSSR count). The largest absolute Gasteiger partial charge is 0.493 e. The van der Waals surface area contributed by atoms with E-state index >= 15 is 0 Å². The molecule has 0 fully saturated rings. The Bertz CT molecular complexity index is 662. The normalized spacial score (nSPS) is 12.1. The van der Waals surface area contributed by atoms with Gasteiger partial charge in [-0.3, -0.25) is 0 Å². The van der Waals surface area contributed by atoms with E-state index in [1.807, 2.05) is 0 Å². The van der Waals surface area contributed by atoms with Crippen molar-refractivity contribution in [3.63, 3.8) is 0 Å². The molecule has 0 saturated heterocycles. The Morgan fingerprint density at radius 3 is 2.14 bits per heavy atom. The first-order chi connectivity index (χ1) is 9.97. The van der Waals surface area contributed by atoms with Crippen molar-refractivity contribution in [1.82, 2.24) is 0 Å². The third-order valence-electron chi connectivity index (χ3n) is 3.01. The predicted octanol–water partition coefficient (Wildman–Crippen LogP) is 4.96. The third kappa shape index (κ3) is 3.22. The zero-order valence-electron chi connectivity index (χ0n) is 11.3. The van der Waals surface area contributed by atoms with Crippen LogP contribution in [0.25, 0.3) is 0 Å². The number of hydrogen-bond donors (Lipinski definition) is 0. The van der Waals surface area contributed by atoms with E-state index in [0.29, 0.717) is 22.1 Å². The maximum Gasteiger partial charge on any atom is 0.162 e. The van der Waals surface area contributed by atoms with Gasteiger partial charge in [0, 0.05) is 22.7 Å². The molecule has 112 valence electrons. The van der Waals surface area contributed by atoms with Gasteiger partial charge in [-0.05, 0) is 17.7 Å². The van der Waals surface area contributed by atoms with E-state index in [0.717, 1.165) is 12.1 Å². The van der Waals surface area contributed by atoms with Crippen molar-refractivity contribution in [1.29, 1.82) is 0 Å². The molecule has 0 radical (unpaired) electrons. The van der Waals surface area contributed by atoms with Crippen molar-refractivity contribution in [2.45, 2.75) is 5.38 Å². The minimum atomic E-state index is -0.877. The molecule has 2 aromatic rings. The Morgan fingerprint density at radius 2 is 1.57 bits per heavy atom. The zero-order chi connectivity index (χ0) is 15.6. The molecule has 2 nitrogen and oxygen atoms in total. The third-order valence-corrected chi connectivity index (χ3v) is 3.81. The van der Waals surface area contributed by atoms with Crippen molar-refractivity contribution in [3.8, 4) is 11.5 Å². The molecule has 0 amide bonds.